The molecular formula is C10H11ClO2. The number of carbonyl (C=O) groups is 1. The molecule has 0 saturated carbocycles. The fourth-order valence-electron chi connectivity index (χ4n) is 0.861. The van der Waals surface area contributed by atoms with E-state index in [1.807, 2.05) is 30.3 Å². The fourth-order valence-corrected chi connectivity index (χ4v) is 0.924. The predicted molar refractivity (Wildman–Crippen MR) is 51.6 cm³/mol. The molecule has 1 rings (SSSR count). The van der Waals surface area contributed by atoms with E-state index in [1.165, 1.54) is 0 Å². The minimum absolute atomic E-state index is 0.417. The van der Waals surface area contributed by atoms with Gasteiger partial charge in [-0.3, -0.25) is 4.79 Å². The third-order valence-corrected chi connectivity index (χ3v) is 1.97. The molecular weight excluding hydrogens is 188 g/mol. The van der Waals surface area contributed by atoms with Gasteiger partial charge in [0.1, 0.15) is 6.10 Å². The Balaban J connectivity index is 2.39. The summed E-state index contributed by atoms with van der Waals surface area (Å²) in [6, 6.07) is 9.65. The summed E-state index contributed by atoms with van der Waals surface area (Å²) in [5.41, 5.74) is 1.03. The van der Waals surface area contributed by atoms with Crippen molar-refractivity contribution >= 4 is 16.8 Å². The second kappa shape index (κ2) is 5.00. The molecule has 0 amide bonds. The van der Waals surface area contributed by atoms with Crippen molar-refractivity contribution in [2.45, 2.75) is 19.6 Å². The topological polar surface area (TPSA) is 26.3 Å². The Labute approximate surface area is 82.5 Å². The highest BCUT2D eigenvalue weighted by Gasteiger charge is 2.09. The molecule has 0 aliphatic heterocycles. The molecule has 0 N–H and O–H groups in total. The second-order valence-electron chi connectivity index (χ2n) is 2.74. The lowest BCUT2D eigenvalue weighted by atomic mass is 10.2. The fraction of sp³-hybridized carbons (Fsp3) is 0.300. The van der Waals surface area contributed by atoms with Crippen molar-refractivity contribution in [1.82, 2.24) is 0 Å². The molecule has 0 heterocycles. The van der Waals surface area contributed by atoms with Gasteiger partial charge in [-0.15, -0.1) is 0 Å². The molecule has 13 heavy (non-hydrogen) atoms. The highest BCUT2D eigenvalue weighted by molar-refractivity contribution is 6.64. The molecule has 0 aliphatic carbocycles. The van der Waals surface area contributed by atoms with Crippen molar-refractivity contribution in [2.24, 2.45) is 0 Å². The number of ether oxygens (including phenoxy) is 1. The molecule has 3 heteroatoms. The third-order valence-electron chi connectivity index (χ3n) is 1.66. The van der Waals surface area contributed by atoms with Gasteiger partial charge in [0.25, 0.3) is 0 Å². The zero-order valence-corrected chi connectivity index (χ0v) is 8.12. The number of hydrogen-bond acceptors (Lipinski definition) is 2. The molecule has 1 aromatic rings. The summed E-state index contributed by atoms with van der Waals surface area (Å²) in [5.74, 6) is 0. The van der Waals surface area contributed by atoms with Crippen LogP contribution in [0, 0.1) is 0 Å². The molecule has 2 nitrogen and oxygen atoms in total. The first-order chi connectivity index (χ1) is 6.20. The maximum Gasteiger partial charge on any atom is 0.250 e. The van der Waals surface area contributed by atoms with E-state index in [0.29, 0.717) is 6.61 Å². The van der Waals surface area contributed by atoms with Crippen LogP contribution in [-0.4, -0.2) is 11.3 Å². The van der Waals surface area contributed by atoms with Crippen LogP contribution < -0.4 is 0 Å². The van der Waals surface area contributed by atoms with Crippen molar-refractivity contribution in [2.75, 3.05) is 0 Å². The first kappa shape index (κ1) is 10.2. The lowest BCUT2D eigenvalue weighted by Gasteiger charge is -2.07. The Bertz CT molecular complexity index is 272. The van der Waals surface area contributed by atoms with Gasteiger partial charge in [-0.1, -0.05) is 30.3 Å². The van der Waals surface area contributed by atoms with Gasteiger partial charge in [0.2, 0.25) is 5.24 Å². The van der Waals surface area contributed by atoms with Crippen LogP contribution in [0.3, 0.4) is 0 Å². The van der Waals surface area contributed by atoms with E-state index in [-0.39, 0.29) is 0 Å². The Morgan fingerprint density at radius 1 is 1.46 bits per heavy atom. The third kappa shape index (κ3) is 3.57. The van der Waals surface area contributed by atoms with Crippen LogP contribution in [0.15, 0.2) is 30.3 Å². The summed E-state index contributed by atoms with van der Waals surface area (Å²) in [6.45, 7) is 2.05. The van der Waals surface area contributed by atoms with E-state index >= 15 is 0 Å². The van der Waals surface area contributed by atoms with E-state index in [0.717, 1.165) is 5.56 Å². The van der Waals surface area contributed by atoms with Gasteiger partial charge in [0.15, 0.2) is 0 Å². The summed E-state index contributed by atoms with van der Waals surface area (Å²) in [6.07, 6.45) is -0.540. The minimum atomic E-state index is -0.540. The van der Waals surface area contributed by atoms with Crippen LogP contribution in [0.4, 0.5) is 0 Å². The van der Waals surface area contributed by atoms with Gasteiger partial charge < -0.3 is 4.74 Å². The van der Waals surface area contributed by atoms with Crippen LogP contribution >= 0.6 is 11.6 Å². The lowest BCUT2D eigenvalue weighted by molar-refractivity contribution is -0.122. The van der Waals surface area contributed by atoms with Crippen molar-refractivity contribution in [3.8, 4) is 0 Å². The quantitative estimate of drug-likeness (QED) is 0.695. The minimum Gasteiger partial charge on any atom is -0.365 e. The van der Waals surface area contributed by atoms with Crippen LogP contribution in [-0.2, 0) is 16.1 Å². The molecule has 0 aliphatic rings. The molecule has 70 valence electrons. The van der Waals surface area contributed by atoms with E-state index in [2.05, 4.69) is 0 Å². The molecule has 0 radical (unpaired) electrons. The zero-order chi connectivity index (χ0) is 9.68. The molecule has 1 aromatic carbocycles. The Morgan fingerprint density at radius 2 is 2.08 bits per heavy atom. The summed E-state index contributed by atoms with van der Waals surface area (Å²) >= 11 is 5.23. The number of benzene rings is 1. The molecule has 0 aromatic heterocycles. The molecule has 0 saturated heterocycles. The smallest absolute Gasteiger partial charge is 0.250 e. The highest BCUT2D eigenvalue weighted by atomic mass is 35.5. The van der Waals surface area contributed by atoms with Crippen molar-refractivity contribution in [3.05, 3.63) is 35.9 Å². The maximum absolute atomic E-state index is 10.6. The standard InChI is InChI=1S/C10H11ClO2/c1-8(10(11)12)13-7-9-5-3-2-4-6-9/h2-6,8H,7H2,1H3/t8-/m0/s1. The average Bonchev–Trinajstić information content (AvgIpc) is 2.15. The normalized spacial score (nSPS) is 12.5. The maximum atomic E-state index is 10.6. The van der Waals surface area contributed by atoms with Gasteiger partial charge >= 0.3 is 0 Å². The summed E-state index contributed by atoms with van der Waals surface area (Å²) < 4.78 is 5.21. The van der Waals surface area contributed by atoms with Gasteiger partial charge in [-0.2, -0.15) is 0 Å². The van der Waals surface area contributed by atoms with E-state index in [4.69, 9.17) is 16.3 Å². The molecule has 0 bridgehead atoms. The monoisotopic (exact) mass is 198 g/mol. The molecule has 0 spiro atoms. The van der Waals surface area contributed by atoms with Gasteiger partial charge in [-0.25, -0.2) is 0 Å². The van der Waals surface area contributed by atoms with Gasteiger partial charge in [0, 0.05) is 0 Å². The number of hydrogen-bond donors (Lipinski definition) is 0. The van der Waals surface area contributed by atoms with Crippen LogP contribution in [0.25, 0.3) is 0 Å². The number of carbonyl (C=O) groups excluding carboxylic acids is 1. The van der Waals surface area contributed by atoms with E-state index < -0.39 is 11.3 Å². The lowest BCUT2D eigenvalue weighted by Crippen LogP contribution is -2.15. The first-order valence-corrected chi connectivity index (χ1v) is 4.43. The first-order valence-electron chi connectivity index (χ1n) is 4.05. The Kier molecular flexibility index (Phi) is 3.93. The second-order valence-corrected chi connectivity index (χ2v) is 3.12. The molecule has 1 atom stereocenters. The van der Waals surface area contributed by atoms with Crippen molar-refractivity contribution < 1.29 is 9.53 Å². The average molecular weight is 199 g/mol. The summed E-state index contributed by atoms with van der Waals surface area (Å²) in [4.78, 5) is 10.6. The Hall–Kier alpha value is -0.860. The van der Waals surface area contributed by atoms with Crippen molar-refractivity contribution in [3.63, 3.8) is 0 Å². The molecule has 0 unspecified atom stereocenters. The van der Waals surface area contributed by atoms with Crippen LogP contribution in [0.2, 0.25) is 0 Å². The zero-order valence-electron chi connectivity index (χ0n) is 7.37. The van der Waals surface area contributed by atoms with Gasteiger partial charge in [0.05, 0.1) is 6.61 Å². The largest absolute Gasteiger partial charge is 0.365 e. The highest BCUT2D eigenvalue weighted by Crippen LogP contribution is 2.04. The van der Waals surface area contributed by atoms with Gasteiger partial charge in [-0.05, 0) is 24.1 Å². The molecule has 0 fully saturated rings. The Morgan fingerprint density at radius 3 is 2.62 bits per heavy atom. The number of rotatable bonds is 4. The van der Waals surface area contributed by atoms with Crippen molar-refractivity contribution in [1.29, 1.82) is 0 Å². The summed E-state index contributed by atoms with van der Waals surface area (Å²) in [7, 11) is 0. The SMILES string of the molecule is C[C@H](OCc1ccccc1)C(=O)Cl. The van der Waals surface area contributed by atoms with Crippen LogP contribution in [0.5, 0.6) is 0 Å². The van der Waals surface area contributed by atoms with E-state index in [9.17, 15) is 4.79 Å². The van der Waals surface area contributed by atoms with E-state index in [1.54, 1.807) is 6.92 Å². The van der Waals surface area contributed by atoms with Crippen LogP contribution in [0.1, 0.15) is 12.5 Å². The predicted octanol–water partition coefficient (Wildman–Crippen LogP) is 2.36. The summed E-state index contributed by atoms with van der Waals surface area (Å²) in [5, 5.41) is -0.462. The number of halogens is 1.